The van der Waals surface area contributed by atoms with Crippen LogP contribution in [0.25, 0.3) is 0 Å². The van der Waals surface area contributed by atoms with Gasteiger partial charge in [0.15, 0.2) is 6.61 Å². The molecule has 168 valence electrons. The van der Waals surface area contributed by atoms with Crippen molar-refractivity contribution in [2.45, 2.75) is 32.9 Å². The van der Waals surface area contributed by atoms with Crippen LogP contribution in [0.1, 0.15) is 48.9 Å². The number of allylic oxidation sites excluding steroid dienone is 1. The Kier molecular flexibility index (Phi) is 7.35. The number of hydrogen-bond donors (Lipinski definition) is 0. The molecular weight excluding hydrogens is 428 g/mol. The van der Waals surface area contributed by atoms with E-state index in [0.717, 1.165) is 16.3 Å². The van der Waals surface area contributed by atoms with Gasteiger partial charge in [0, 0.05) is 23.5 Å². The predicted octanol–water partition coefficient (Wildman–Crippen LogP) is 3.43. The van der Waals surface area contributed by atoms with Crippen LogP contribution in [-0.4, -0.2) is 57.7 Å². The van der Waals surface area contributed by atoms with Crippen molar-refractivity contribution in [2.75, 3.05) is 18.6 Å². The van der Waals surface area contributed by atoms with Crippen molar-refractivity contribution in [1.29, 1.82) is 0 Å². The van der Waals surface area contributed by atoms with Crippen LogP contribution in [0, 0.1) is 13.8 Å². The Morgan fingerprint density at radius 2 is 1.78 bits per heavy atom. The first-order valence-electron chi connectivity index (χ1n) is 10.2. The minimum absolute atomic E-state index is 0.244. The molecule has 2 amide bonds. The second-order valence-corrected chi connectivity index (χ2v) is 8.52. The summed E-state index contributed by atoms with van der Waals surface area (Å²) in [6, 6.07) is 7.14. The normalized spacial score (nSPS) is 13.8. The van der Waals surface area contributed by atoms with Crippen LogP contribution in [-0.2, 0) is 16.1 Å². The fourth-order valence-corrected chi connectivity index (χ4v) is 4.34. The number of carbonyl (C=O) groups excluding carboxylic acids is 4. The lowest BCUT2D eigenvalue weighted by atomic mass is 10.1. The first-order valence-corrected chi connectivity index (χ1v) is 11.6. The average Bonchev–Trinajstić information content (AvgIpc) is 3.21. The van der Waals surface area contributed by atoms with Gasteiger partial charge in [0.25, 0.3) is 11.8 Å². The molecule has 1 aliphatic heterocycles. The molecule has 2 aromatic rings. The largest absolute Gasteiger partial charge is 0.456 e. The molecule has 1 atom stereocenters. The molecule has 1 unspecified atom stereocenters. The van der Waals surface area contributed by atoms with Gasteiger partial charge in [-0.25, -0.2) is 4.79 Å². The zero-order valence-electron chi connectivity index (χ0n) is 18.4. The smallest absolute Gasteiger partial charge is 0.329 e. The molecule has 0 aliphatic carbocycles. The molecule has 2 heterocycles. The number of thioether (sulfide) groups is 1. The van der Waals surface area contributed by atoms with Gasteiger partial charge in [-0.3, -0.25) is 19.3 Å². The van der Waals surface area contributed by atoms with Crippen molar-refractivity contribution < 1.29 is 23.9 Å². The third-order valence-corrected chi connectivity index (χ3v) is 6.18. The van der Waals surface area contributed by atoms with Crippen molar-refractivity contribution in [3.63, 3.8) is 0 Å². The van der Waals surface area contributed by atoms with E-state index >= 15 is 0 Å². The quantitative estimate of drug-likeness (QED) is 0.237. The van der Waals surface area contributed by atoms with E-state index in [4.69, 9.17) is 4.74 Å². The summed E-state index contributed by atoms with van der Waals surface area (Å²) in [6.07, 6.45) is 3.85. The highest BCUT2D eigenvalue weighted by Gasteiger charge is 2.43. The molecule has 8 heteroatoms. The Balaban J connectivity index is 1.76. The number of aromatic nitrogens is 1. The Morgan fingerprint density at radius 3 is 2.34 bits per heavy atom. The molecule has 0 saturated carbocycles. The maximum atomic E-state index is 12.9. The van der Waals surface area contributed by atoms with Crippen molar-refractivity contribution in [3.05, 3.63) is 71.1 Å². The van der Waals surface area contributed by atoms with E-state index in [1.807, 2.05) is 24.7 Å². The van der Waals surface area contributed by atoms with Gasteiger partial charge in [-0.15, -0.1) is 6.58 Å². The first-order chi connectivity index (χ1) is 15.3. The van der Waals surface area contributed by atoms with Gasteiger partial charge >= 0.3 is 5.97 Å². The number of nitrogens with zero attached hydrogens (tertiary/aromatic N) is 2. The number of fused-ring (bicyclic) bond motifs is 1. The van der Waals surface area contributed by atoms with Crippen LogP contribution in [0.2, 0.25) is 0 Å². The molecule has 0 N–H and O–H groups in total. The second kappa shape index (κ2) is 9.99. The fraction of sp³-hybridized carbons (Fsp3) is 0.333. The molecule has 7 nitrogen and oxygen atoms in total. The first kappa shape index (κ1) is 23.5. The summed E-state index contributed by atoms with van der Waals surface area (Å²) in [4.78, 5) is 52.3. The summed E-state index contributed by atoms with van der Waals surface area (Å²) >= 11 is 1.49. The number of benzene rings is 1. The number of amides is 2. The SMILES string of the molecule is C=CCn1c(C)cc(C(=O)COC(=O)C(CCSC)N2C(=O)c3ccccc3C2=O)c1C. The Labute approximate surface area is 191 Å². The summed E-state index contributed by atoms with van der Waals surface area (Å²) in [6.45, 7) is 7.55. The van der Waals surface area contributed by atoms with Crippen LogP contribution < -0.4 is 0 Å². The lowest BCUT2D eigenvalue weighted by Gasteiger charge is -2.24. The molecule has 0 saturated heterocycles. The molecule has 0 fully saturated rings. The Morgan fingerprint density at radius 1 is 1.16 bits per heavy atom. The third-order valence-electron chi connectivity index (χ3n) is 5.54. The molecule has 32 heavy (non-hydrogen) atoms. The maximum Gasteiger partial charge on any atom is 0.329 e. The molecule has 0 bridgehead atoms. The molecule has 1 aromatic carbocycles. The van der Waals surface area contributed by atoms with Gasteiger partial charge in [-0.2, -0.15) is 11.8 Å². The van der Waals surface area contributed by atoms with Gasteiger partial charge in [0.1, 0.15) is 6.04 Å². The van der Waals surface area contributed by atoms with E-state index in [-0.39, 0.29) is 23.3 Å². The molecule has 1 aromatic heterocycles. The Hall–Kier alpha value is -3.13. The van der Waals surface area contributed by atoms with Gasteiger partial charge in [-0.05, 0) is 50.5 Å². The zero-order valence-corrected chi connectivity index (χ0v) is 19.2. The van der Waals surface area contributed by atoms with Crippen molar-refractivity contribution >= 4 is 35.3 Å². The number of esters is 1. The van der Waals surface area contributed by atoms with Crippen LogP contribution >= 0.6 is 11.8 Å². The van der Waals surface area contributed by atoms with E-state index in [1.165, 1.54) is 11.8 Å². The van der Waals surface area contributed by atoms with Crippen LogP contribution in [0.4, 0.5) is 0 Å². The van der Waals surface area contributed by atoms with E-state index in [1.54, 1.807) is 36.4 Å². The lowest BCUT2D eigenvalue weighted by Crippen LogP contribution is -2.46. The molecule has 0 spiro atoms. The second-order valence-electron chi connectivity index (χ2n) is 7.54. The summed E-state index contributed by atoms with van der Waals surface area (Å²) in [5, 5.41) is 0. The highest BCUT2D eigenvalue weighted by atomic mass is 32.2. The van der Waals surface area contributed by atoms with Gasteiger partial charge in [0.05, 0.1) is 11.1 Å². The maximum absolute atomic E-state index is 12.9. The van der Waals surface area contributed by atoms with Gasteiger partial charge in [-0.1, -0.05) is 18.2 Å². The monoisotopic (exact) mass is 454 g/mol. The van der Waals surface area contributed by atoms with Crippen LogP contribution in [0.15, 0.2) is 43.0 Å². The van der Waals surface area contributed by atoms with Gasteiger partial charge < -0.3 is 9.30 Å². The number of imide groups is 1. The zero-order chi connectivity index (χ0) is 23.4. The summed E-state index contributed by atoms with van der Waals surface area (Å²) in [7, 11) is 0. The highest BCUT2D eigenvalue weighted by Crippen LogP contribution is 2.27. The van der Waals surface area contributed by atoms with Crippen molar-refractivity contribution in [3.8, 4) is 0 Å². The summed E-state index contributed by atoms with van der Waals surface area (Å²) in [5.41, 5.74) is 2.68. The number of carbonyl (C=O) groups is 4. The summed E-state index contributed by atoms with van der Waals surface area (Å²) < 4.78 is 7.26. The van der Waals surface area contributed by atoms with E-state index < -0.39 is 30.4 Å². The minimum atomic E-state index is -1.09. The van der Waals surface area contributed by atoms with Crippen LogP contribution in [0.3, 0.4) is 0 Å². The van der Waals surface area contributed by atoms with Gasteiger partial charge in [0.2, 0.25) is 5.78 Å². The van der Waals surface area contributed by atoms with E-state index in [0.29, 0.717) is 17.9 Å². The van der Waals surface area contributed by atoms with E-state index in [9.17, 15) is 19.2 Å². The number of aryl methyl sites for hydroxylation is 1. The molecule has 1 aliphatic rings. The predicted molar refractivity (Wildman–Crippen MR) is 123 cm³/mol. The van der Waals surface area contributed by atoms with E-state index in [2.05, 4.69) is 6.58 Å². The van der Waals surface area contributed by atoms with Crippen molar-refractivity contribution in [2.24, 2.45) is 0 Å². The lowest BCUT2D eigenvalue weighted by molar-refractivity contribution is -0.147. The highest BCUT2D eigenvalue weighted by molar-refractivity contribution is 7.98. The molecular formula is C24H26N2O5S. The number of ether oxygens (including phenoxy) is 1. The standard InChI is InChI=1S/C24H26N2O5S/c1-5-11-25-15(2)13-19(16(25)3)21(27)14-31-24(30)20(10-12-32-4)26-22(28)17-8-6-7-9-18(17)23(26)29/h5-9,13,20H,1,10-12,14H2,2-4H3. The molecule has 0 radical (unpaired) electrons. The number of hydrogen-bond acceptors (Lipinski definition) is 6. The number of rotatable bonds is 10. The Bertz CT molecular complexity index is 1050. The van der Waals surface area contributed by atoms with Crippen molar-refractivity contribution in [1.82, 2.24) is 9.47 Å². The third kappa shape index (κ3) is 4.41. The average molecular weight is 455 g/mol. The minimum Gasteiger partial charge on any atom is -0.456 e. The summed E-state index contributed by atoms with van der Waals surface area (Å²) in [5.74, 6) is -1.60. The number of ketones is 1. The topological polar surface area (TPSA) is 85.7 Å². The molecule has 3 rings (SSSR count). The fourth-order valence-electron chi connectivity index (χ4n) is 3.88. The van der Waals surface area contributed by atoms with Crippen LogP contribution in [0.5, 0.6) is 0 Å². The number of Topliss-reactive ketones (excluding diaryl/α,β-unsaturated/α-hetero) is 1.